The second kappa shape index (κ2) is 4.64. The van der Waals surface area contributed by atoms with Crippen LogP contribution in [0.1, 0.15) is 27.7 Å². The highest BCUT2D eigenvalue weighted by Gasteiger charge is 2.52. The lowest BCUT2D eigenvalue weighted by atomic mass is 9.80. The second-order valence-electron chi connectivity index (χ2n) is 6.12. The quantitative estimate of drug-likeness (QED) is 0.790. The minimum absolute atomic E-state index is 0.303. The Morgan fingerprint density at radius 1 is 1.19 bits per heavy atom. The third-order valence-corrected chi connectivity index (χ3v) is 4.14. The molecule has 1 fully saturated rings. The van der Waals surface area contributed by atoms with Crippen molar-refractivity contribution in [2.24, 2.45) is 0 Å². The van der Waals surface area contributed by atoms with Gasteiger partial charge >= 0.3 is 7.12 Å². The van der Waals surface area contributed by atoms with Crippen LogP contribution < -0.4 is 5.46 Å². The smallest absolute Gasteiger partial charge is 0.399 e. The Kier molecular flexibility index (Phi) is 3.14. The molecule has 0 amide bonds. The summed E-state index contributed by atoms with van der Waals surface area (Å²) in [6.45, 7) is 7.72. The molecule has 1 aliphatic rings. The van der Waals surface area contributed by atoms with E-state index in [-0.39, 0.29) is 0 Å². The Bertz CT molecular complexity index is 642. The van der Waals surface area contributed by atoms with Gasteiger partial charge in [0.15, 0.2) is 0 Å². The lowest BCUT2D eigenvalue weighted by Gasteiger charge is -2.32. The maximum atomic E-state index is 14.4. The van der Waals surface area contributed by atoms with Crippen LogP contribution in [0.5, 0.6) is 0 Å². The van der Waals surface area contributed by atoms with Crippen molar-refractivity contribution in [3.05, 3.63) is 36.8 Å². The van der Waals surface area contributed by atoms with E-state index in [1.54, 1.807) is 23.3 Å². The first kappa shape index (κ1) is 14.2. The van der Waals surface area contributed by atoms with Gasteiger partial charge in [-0.15, -0.1) is 0 Å². The number of aromatic nitrogens is 3. The van der Waals surface area contributed by atoms with Gasteiger partial charge in [-0.3, -0.25) is 4.57 Å². The zero-order valence-electron chi connectivity index (χ0n) is 12.5. The molecule has 0 spiro atoms. The standard InChI is InChI=1S/C14H17BFN3O2/c1-13(2)14(3,4)21-15(20-13)10-8-18-12(7-11(10)16)19-6-5-17-9-19/h5-9H,1-4H3. The van der Waals surface area contributed by atoms with Crippen LogP contribution in [0.15, 0.2) is 31.0 Å². The summed E-state index contributed by atoms with van der Waals surface area (Å²) in [5.41, 5.74) is -0.710. The first-order valence-electron chi connectivity index (χ1n) is 6.79. The number of hydrogen-bond donors (Lipinski definition) is 0. The highest BCUT2D eigenvalue weighted by atomic mass is 19.1. The maximum absolute atomic E-state index is 14.4. The van der Waals surface area contributed by atoms with E-state index in [2.05, 4.69) is 9.97 Å². The molecule has 5 nitrogen and oxygen atoms in total. The Morgan fingerprint density at radius 3 is 2.38 bits per heavy atom. The Balaban J connectivity index is 1.91. The van der Waals surface area contributed by atoms with Gasteiger partial charge in [0.1, 0.15) is 18.0 Å². The molecule has 1 saturated heterocycles. The van der Waals surface area contributed by atoms with E-state index in [0.29, 0.717) is 11.3 Å². The topological polar surface area (TPSA) is 49.2 Å². The van der Waals surface area contributed by atoms with Crippen molar-refractivity contribution in [3.63, 3.8) is 0 Å². The number of nitrogens with zero attached hydrogens (tertiary/aromatic N) is 3. The molecule has 21 heavy (non-hydrogen) atoms. The van der Waals surface area contributed by atoms with Crippen LogP contribution in [-0.2, 0) is 9.31 Å². The first-order chi connectivity index (χ1) is 9.80. The van der Waals surface area contributed by atoms with Gasteiger partial charge in [-0.25, -0.2) is 14.4 Å². The zero-order chi connectivity index (χ0) is 15.3. The summed E-state index contributed by atoms with van der Waals surface area (Å²) in [4.78, 5) is 8.16. The van der Waals surface area contributed by atoms with Crippen LogP contribution in [0, 0.1) is 5.82 Å². The van der Waals surface area contributed by atoms with E-state index in [9.17, 15) is 4.39 Å². The summed E-state index contributed by atoms with van der Waals surface area (Å²) in [5.74, 6) is 0.0532. The van der Waals surface area contributed by atoms with Crippen molar-refractivity contribution in [1.82, 2.24) is 14.5 Å². The van der Waals surface area contributed by atoms with Crippen molar-refractivity contribution in [2.75, 3.05) is 0 Å². The highest BCUT2D eigenvalue weighted by Crippen LogP contribution is 2.36. The molecule has 0 atom stereocenters. The summed E-state index contributed by atoms with van der Waals surface area (Å²) in [6.07, 6.45) is 6.33. The fourth-order valence-corrected chi connectivity index (χ4v) is 2.11. The lowest BCUT2D eigenvalue weighted by Crippen LogP contribution is -2.41. The summed E-state index contributed by atoms with van der Waals surface area (Å²) in [6, 6.07) is 1.35. The molecule has 0 unspecified atom stereocenters. The SMILES string of the molecule is CC1(C)OB(c2cnc(-n3ccnc3)cc2F)OC1(C)C. The average molecular weight is 289 g/mol. The summed E-state index contributed by atoms with van der Waals surface area (Å²) < 4.78 is 27.7. The zero-order valence-corrected chi connectivity index (χ0v) is 12.5. The molecule has 3 heterocycles. The van der Waals surface area contributed by atoms with Gasteiger partial charge in [0, 0.05) is 30.1 Å². The minimum atomic E-state index is -0.751. The van der Waals surface area contributed by atoms with Gasteiger partial charge in [0.25, 0.3) is 0 Å². The number of imidazole rings is 1. The van der Waals surface area contributed by atoms with Gasteiger partial charge in [-0.1, -0.05) is 0 Å². The lowest BCUT2D eigenvalue weighted by molar-refractivity contribution is 0.00578. The Labute approximate surface area is 123 Å². The van der Waals surface area contributed by atoms with Gasteiger partial charge in [-0.2, -0.15) is 0 Å². The Hall–Kier alpha value is -1.73. The van der Waals surface area contributed by atoms with Crippen molar-refractivity contribution in [1.29, 1.82) is 0 Å². The van der Waals surface area contributed by atoms with Crippen molar-refractivity contribution in [2.45, 2.75) is 38.9 Å². The molecule has 3 rings (SSSR count). The molecule has 0 radical (unpaired) electrons. The Morgan fingerprint density at radius 2 is 1.86 bits per heavy atom. The number of hydrogen-bond acceptors (Lipinski definition) is 4. The first-order valence-corrected chi connectivity index (χ1v) is 6.79. The molecule has 7 heteroatoms. The summed E-state index contributed by atoms with van der Waals surface area (Å²) in [7, 11) is -0.751. The molecule has 110 valence electrons. The predicted molar refractivity (Wildman–Crippen MR) is 77.0 cm³/mol. The molecule has 2 aromatic rings. The molecule has 0 aromatic carbocycles. The molecule has 1 aliphatic heterocycles. The highest BCUT2D eigenvalue weighted by molar-refractivity contribution is 6.62. The summed E-state index contributed by atoms with van der Waals surface area (Å²) in [5, 5.41) is 0. The van der Waals surface area contributed by atoms with E-state index in [1.807, 2.05) is 27.7 Å². The van der Waals surface area contributed by atoms with E-state index in [4.69, 9.17) is 9.31 Å². The fourth-order valence-electron chi connectivity index (χ4n) is 2.11. The molecule has 0 N–H and O–H groups in total. The van der Waals surface area contributed by atoms with E-state index >= 15 is 0 Å². The van der Waals surface area contributed by atoms with Crippen LogP contribution >= 0.6 is 0 Å². The van der Waals surface area contributed by atoms with Crippen LogP contribution in [-0.4, -0.2) is 32.9 Å². The number of halogens is 1. The normalized spacial score (nSPS) is 20.0. The van der Waals surface area contributed by atoms with Crippen molar-refractivity contribution >= 4 is 12.6 Å². The van der Waals surface area contributed by atoms with E-state index < -0.39 is 24.1 Å². The average Bonchev–Trinajstić information content (AvgIpc) is 2.96. The summed E-state index contributed by atoms with van der Waals surface area (Å²) >= 11 is 0. The molecular weight excluding hydrogens is 272 g/mol. The number of pyridine rings is 1. The van der Waals surface area contributed by atoms with Gasteiger partial charge in [0.2, 0.25) is 0 Å². The minimum Gasteiger partial charge on any atom is -0.399 e. The number of rotatable bonds is 2. The van der Waals surface area contributed by atoms with Crippen molar-refractivity contribution in [3.8, 4) is 5.82 Å². The molecular formula is C14H17BFN3O2. The van der Waals surface area contributed by atoms with Crippen molar-refractivity contribution < 1.29 is 13.7 Å². The largest absolute Gasteiger partial charge is 0.499 e. The van der Waals surface area contributed by atoms with E-state index in [1.165, 1.54) is 12.3 Å². The molecule has 0 bridgehead atoms. The molecule has 0 aliphatic carbocycles. The van der Waals surface area contributed by atoms with Crippen LogP contribution in [0.3, 0.4) is 0 Å². The van der Waals surface area contributed by atoms with Crippen LogP contribution in [0.2, 0.25) is 0 Å². The van der Waals surface area contributed by atoms with Crippen LogP contribution in [0.4, 0.5) is 4.39 Å². The van der Waals surface area contributed by atoms with E-state index in [0.717, 1.165) is 0 Å². The van der Waals surface area contributed by atoms with Gasteiger partial charge in [0.05, 0.1) is 11.2 Å². The van der Waals surface area contributed by atoms with Gasteiger partial charge < -0.3 is 9.31 Å². The monoisotopic (exact) mass is 289 g/mol. The van der Waals surface area contributed by atoms with Crippen LogP contribution in [0.25, 0.3) is 5.82 Å². The van der Waals surface area contributed by atoms with Gasteiger partial charge in [-0.05, 0) is 27.7 Å². The molecule has 0 saturated carbocycles. The second-order valence-corrected chi connectivity index (χ2v) is 6.12. The fraction of sp³-hybridized carbons (Fsp3) is 0.429. The maximum Gasteiger partial charge on any atom is 0.499 e. The third kappa shape index (κ3) is 2.36. The third-order valence-electron chi connectivity index (χ3n) is 4.14. The predicted octanol–water partition coefficient (Wildman–Crippen LogP) is 1.71. The molecule has 2 aromatic heterocycles.